The molecular formula is C34H35N9O3. The Labute approximate surface area is 265 Å². The number of H-pyrrole nitrogens is 3. The predicted octanol–water partition coefficient (Wildman–Crippen LogP) is 4.13. The summed E-state index contributed by atoms with van der Waals surface area (Å²) in [5.41, 5.74) is 6.29. The Balaban J connectivity index is 0.937. The molecule has 4 N–H and O–H groups in total. The fourth-order valence-electron chi connectivity index (χ4n) is 6.34. The monoisotopic (exact) mass is 617 g/mol. The Morgan fingerprint density at radius 3 is 2.11 bits per heavy atom. The Morgan fingerprint density at radius 2 is 1.43 bits per heavy atom. The van der Waals surface area contributed by atoms with Crippen LogP contribution in [0.3, 0.4) is 0 Å². The summed E-state index contributed by atoms with van der Waals surface area (Å²) in [6.45, 7) is 1.72. The van der Waals surface area contributed by atoms with E-state index in [1.807, 2.05) is 35.4 Å². The van der Waals surface area contributed by atoms with Crippen molar-refractivity contribution >= 4 is 23.4 Å². The van der Waals surface area contributed by atoms with Gasteiger partial charge in [0.05, 0.1) is 49.3 Å². The Bertz CT molecular complexity index is 1800. The van der Waals surface area contributed by atoms with Gasteiger partial charge in [-0.15, -0.1) is 0 Å². The normalized spacial score (nSPS) is 17.8. The quantitative estimate of drug-likeness (QED) is 0.195. The number of likely N-dealkylation sites (tertiary alicyclic amines) is 2. The van der Waals surface area contributed by atoms with Crippen molar-refractivity contribution in [2.45, 2.75) is 38.1 Å². The number of hydrogen-bond donors (Lipinski definition) is 4. The number of carbonyl (C=O) groups is 3. The zero-order valence-corrected chi connectivity index (χ0v) is 25.3. The number of imidazole rings is 3. The van der Waals surface area contributed by atoms with E-state index in [0.29, 0.717) is 25.9 Å². The van der Waals surface area contributed by atoms with Crippen LogP contribution in [0, 0.1) is 5.92 Å². The van der Waals surface area contributed by atoms with Crippen molar-refractivity contribution < 1.29 is 14.4 Å². The molecule has 0 bridgehead atoms. The van der Waals surface area contributed by atoms with Crippen molar-refractivity contribution in [3.05, 3.63) is 97.0 Å². The first kappa shape index (κ1) is 29.2. The minimum Gasteiger partial charge on any atom is -0.348 e. The minimum absolute atomic E-state index is 0.00273. The second-order valence-corrected chi connectivity index (χ2v) is 11.9. The third kappa shape index (κ3) is 6.32. The van der Waals surface area contributed by atoms with Gasteiger partial charge in [-0.3, -0.25) is 14.4 Å². The van der Waals surface area contributed by atoms with E-state index in [-0.39, 0.29) is 36.1 Å². The highest BCUT2D eigenvalue weighted by Crippen LogP contribution is 2.33. The zero-order valence-electron chi connectivity index (χ0n) is 25.3. The van der Waals surface area contributed by atoms with Gasteiger partial charge in [-0.1, -0.05) is 36.4 Å². The van der Waals surface area contributed by atoms with Crippen LogP contribution in [0.2, 0.25) is 0 Å². The zero-order chi connectivity index (χ0) is 31.5. The number of aromatic nitrogens is 6. The highest BCUT2D eigenvalue weighted by Gasteiger charge is 2.33. The number of anilines is 1. The molecule has 5 aromatic rings. The van der Waals surface area contributed by atoms with Gasteiger partial charge < -0.3 is 30.1 Å². The smallest absolute Gasteiger partial charge is 0.229 e. The lowest BCUT2D eigenvalue weighted by Gasteiger charge is -2.23. The van der Waals surface area contributed by atoms with Crippen LogP contribution in [0.5, 0.6) is 0 Å². The molecule has 3 amide bonds. The molecule has 7 rings (SSSR count). The van der Waals surface area contributed by atoms with Crippen molar-refractivity contribution in [1.29, 1.82) is 0 Å². The summed E-state index contributed by atoms with van der Waals surface area (Å²) in [5, 5.41) is 3.01. The summed E-state index contributed by atoms with van der Waals surface area (Å²) >= 11 is 0. The summed E-state index contributed by atoms with van der Waals surface area (Å²) < 4.78 is 0. The van der Waals surface area contributed by atoms with Crippen LogP contribution in [0.1, 0.15) is 42.5 Å². The van der Waals surface area contributed by atoms with Gasteiger partial charge in [0.1, 0.15) is 5.82 Å². The van der Waals surface area contributed by atoms with Crippen molar-refractivity contribution in [1.82, 2.24) is 39.7 Å². The van der Waals surface area contributed by atoms with Gasteiger partial charge in [-0.2, -0.15) is 0 Å². The summed E-state index contributed by atoms with van der Waals surface area (Å²) in [4.78, 5) is 64.1. The summed E-state index contributed by atoms with van der Waals surface area (Å²) in [7, 11) is 0. The molecule has 2 atom stereocenters. The molecule has 46 heavy (non-hydrogen) atoms. The fraction of sp³-hybridized carbons (Fsp3) is 0.294. The van der Waals surface area contributed by atoms with Crippen molar-refractivity contribution in [3.63, 3.8) is 0 Å². The first-order chi connectivity index (χ1) is 22.5. The number of nitrogens with one attached hydrogen (secondary N) is 4. The van der Waals surface area contributed by atoms with E-state index >= 15 is 0 Å². The van der Waals surface area contributed by atoms with Crippen LogP contribution in [0.25, 0.3) is 22.4 Å². The molecule has 0 radical (unpaired) electrons. The van der Waals surface area contributed by atoms with Crippen LogP contribution >= 0.6 is 0 Å². The van der Waals surface area contributed by atoms with Gasteiger partial charge in [0.2, 0.25) is 17.7 Å². The van der Waals surface area contributed by atoms with E-state index < -0.39 is 0 Å². The molecule has 3 aromatic heterocycles. The molecule has 5 heterocycles. The lowest BCUT2D eigenvalue weighted by atomic mass is 10.0. The molecule has 234 valence electrons. The highest BCUT2D eigenvalue weighted by atomic mass is 16.2. The van der Waals surface area contributed by atoms with Gasteiger partial charge in [0, 0.05) is 49.1 Å². The second kappa shape index (κ2) is 12.8. The first-order valence-electron chi connectivity index (χ1n) is 15.6. The first-order valence-corrected chi connectivity index (χ1v) is 15.6. The topological polar surface area (TPSA) is 156 Å². The Hall–Kier alpha value is -5.52. The van der Waals surface area contributed by atoms with Gasteiger partial charge in [-0.25, -0.2) is 15.0 Å². The fourth-order valence-corrected chi connectivity index (χ4v) is 6.34. The lowest BCUT2D eigenvalue weighted by molar-refractivity contribution is -0.132. The van der Waals surface area contributed by atoms with Crippen molar-refractivity contribution in [2.75, 3.05) is 25.0 Å². The average molecular weight is 618 g/mol. The number of nitrogens with zero attached hydrogens (tertiary/aromatic N) is 5. The summed E-state index contributed by atoms with van der Waals surface area (Å²) in [5.74, 6) is 0.560. The van der Waals surface area contributed by atoms with Gasteiger partial charge in [-0.05, 0) is 48.1 Å². The molecule has 2 aromatic carbocycles. The molecule has 2 aliphatic rings. The predicted molar refractivity (Wildman–Crippen MR) is 171 cm³/mol. The number of aromatic amines is 3. The largest absolute Gasteiger partial charge is 0.348 e. The van der Waals surface area contributed by atoms with Gasteiger partial charge in [0.25, 0.3) is 0 Å². The van der Waals surface area contributed by atoms with E-state index in [1.165, 1.54) is 0 Å². The average Bonchev–Trinajstić information content (AvgIpc) is 3.91. The minimum atomic E-state index is -0.236. The maximum absolute atomic E-state index is 13.0. The molecule has 0 unspecified atom stereocenters. The van der Waals surface area contributed by atoms with E-state index in [1.54, 1.807) is 29.9 Å². The molecule has 12 heteroatoms. The van der Waals surface area contributed by atoms with Gasteiger partial charge >= 0.3 is 0 Å². The lowest BCUT2D eigenvalue weighted by Crippen LogP contribution is -2.32. The van der Waals surface area contributed by atoms with Crippen LogP contribution in [-0.2, 0) is 27.2 Å². The standard InChI is InChI=1S/C34H35N9O3/c44-31(14-27-16-35-20-38-27)42-13-11-25(19-42)34(46)40-26-9-7-23(8-10-26)22-3-5-24(6-4-22)29-18-37-33(41-29)30-2-1-12-43(30)32(45)15-28-17-36-21-39-28/h3-10,16-18,20-21,25,30H,1-2,11-15,19H2,(H,35,38)(H,36,39)(H,37,41)(H,40,46)/t25-,30-/m0/s1. The Kier molecular flexibility index (Phi) is 8.15. The molecule has 0 saturated carbocycles. The van der Waals surface area contributed by atoms with Crippen LogP contribution < -0.4 is 5.32 Å². The van der Waals surface area contributed by atoms with E-state index in [0.717, 1.165) is 64.7 Å². The molecule has 0 aliphatic carbocycles. The summed E-state index contributed by atoms with van der Waals surface area (Å²) in [6, 6.07) is 15.9. The summed E-state index contributed by atoms with van der Waals surface area (Å²) in [6.07, 6.45) is 11.3. The number of hydrogen-bond acceptors (Lipinski definition) is 6. The number of rotatable bonds is 9. The Morgan fingerprint density at radius 1 is 0.783 bits per heavy atom. The van der Waals surface area contributed by atoms with E-state index in [9.17, 15) is 14.4 Å². The number of benzene rings is 2. The maximum atomic E-state index is 13.0. The van der Waals surface area contributed by atoms with E-state index in [2.05, 4.69) is 59.5 Å². The maximum Gasteiger partial charge on any atom is 0.229 e. The van der Waals surface area contributed by atoms with Crippen molar-refractivity contribution in [2.24, 2.45) is 5.92 Å². The third-order valence-electron chi connectivity index (χ3n) is 8.87. The van der Waals surface area contributed by atoms with Crippen LogP contribution in [0.4, 0.5) is 5.69 Å². The number of carbonyl (C=O) groups excluding carboxylic acids is 3. The highest BCUT2D eigenvalue weighted by molar-refractivity contribution is 5.94. The number of amides is 3. The second-order valence-electron chi connectivity index (χ2n) is 11.9. The van der Waals surface area contributed by atoms with Crippen LogP contribution in [-0.4, -0.2) is 77.1 Å². The third-order valence-corrected chi connectivity index (χ3v) is 8.87. The molecule has 12 nitrogen and oxygen atoms in total. The molecule has 2 saturated heterocycles. The van der Waals surface area contributed by atoms with Gasteiger partial charge in [0.15, 0.2) is 0 Å². The van der Waals surface area contributed by atoms with Crippen LogP contribution in [0.15, 0.2) is 79.8 Å². The SMILES string of the molecule is O=C(Nc1ccc(-c2ccc(-c3cnc([C@@H]4CCCN4C(=O)Cc4cnc[nH]4)[nH]3)cc2)cc1)[C@H]1CCN(C(=O)Cc2cnc[nH]2)C1. The van der Waals surface area contributed by atoms with Crippen molar-refractivity contribution in [3.8, 4) is 22.4 Å². The molecule has 2 aliphatic heterocycles. The molecular weight excluding hydrogens is 582 g/mol. The van der Waals surface area contributed by atoms with E-state index in [4.69, 9.17) is 0 Å². The molecule has 2 fully saturated rings. The molecule has 0 spiro atoms.